The van der Waals surface area contributed by atoms with Gasteiger partial charge in [0.1, 0.15) is 17.2 Å². The average Bonchev–Trinajstić information content (AvgIpc) is 2.44. The maximum atomic E-state index is 10.4. The number of nitrogens with one attached hydrogen (secondary N) is 1. The van der Waals surface area contributed by atoms with Crippen molar-refractivity contribution in [1.29, 1.82) is 5.53 Å². The van der Waals surface area contributed by atoms with Crippen LogP contribution in [0.4, 0.5) is 5.69 Å². The van der Waals surface area contributed by atoms with Crippen LogP contribution in [0.2, 0.25) is 0 Å². The average molecular weight is 317 g/mol. The van der Waals surface area contributed by atoms with Crippen LogP contribution in [0.5, 0.6) is 11.5 Å². The van der Waals surface area contributed by atoms with Crippen LogP contribution in [0, 0.1) is 5.53 Å². The van der Waals surface area contributed by atoms with Crippen LogP contribution < -0.4 is 0 Å². The molecular formula is C14H9BrN2O2. The molecule has 0 spiro atoms. The maximum Gasteiger partial charge on any atom is 0.133 e. The van der Waals surface area contributed by atoms with Gasteiger partial charge >= 0.3 is 0 Å². The zero-order valence-corrected chi connectivity index (χ0v) is 11.3. The summed E-state index contributed by atoms with van der Waals surface area (Å²) in [6, 6.07) is 10.4. The summed E-state index contributed by atoms with van der Waals surface area (Å²) in [6.45, 7) is 0. The van der Waals surface area contributed by atoms with Crippen molar-refractivity contribution in [2.45, 2.75) is 0 Å². The fourth-order valence-corrected chi connectivity index (χ4v) is 2.71. The Kier molecular flexibility index (Phi) is 2.64. The molecule has 3 N–H and O–H groups in total. The lowest BCUT2D eigenvalue weighted by Gasteiger charge is -2.11. The van der Waals surface area contributed by atoms with Gasteiger partial charge in [-0.2, -0.15) is 5.11 Å². The van der Waals surface area contributed by atoms with E-state index in [9.17, 15) is 10.2 Å². The fourth-order valence-electron chi connectivity index (χ4n) is 2.29. The predicted molar refractivity (Wildman–Crippen MR) is 77.3 cm³/mol. The minimum atomic E-state index is 0.0238. The highest BCUT2D eigenvalue weighted by Gasteiger charge is 2.17. The zero-order chi connectivity index (χ0) is 13.6. The van der Waals surface area contributed by atoms with Crippen LogP contribution in [0.1, 0.15) is 0 Å². The van der Waals surface area contributed by atoms with E-state index in [0.29, 0.717) is 31.7 Å². The van der Waals surface area contributed by atoms with Crippen LogP contribution in [0.15, 0.2) is 46.0 Å². The Labute approximate surface area is 116 Å². The molecule has 3 rings (SSSR count). The first-order valence-corrected chi connectivity index (χ1v) is 6.36. The summed E-state index contributed by atoms with van der Waals surface area (Å²) in [4.78, 5) is 0. The third-order valence-corrected chi connectivity index (χ3v) is 3.81. The van der Waals surface area contributed by atoms with Crippen LogP contribution >= 0.6 is 15.9 Å². The molecule has 0 bridgehead atoms. The fraction of sp³-hybridized carbons (Fsp3) is 0. The van der Waals surface area contributed by atoms with Crippen LogP contribution in [0.3, 0.4) is 0 Å². The summed E-state index contributed by atoms with van der Waals surface area (Å²) in [5.41, 5.74) is 7.55. The Hall–Kier alpha value is -2.14. The van der Waals surface area contributed by atoms with Crippen LogP contribution in [-0.2, 0) is 0 Å². The minimum absolute atomic E-state index is 0.0238. The third-order valence-electron chi connectivity index (χ3n) is 3.17. The number of fused-ring (bicyclic) bond motifs is 2. The van der Waals surface area contributed by atoms with Crippen molar-refractivity contribution in [3.63, 3.8) is 0 Å². The van der Waals surface area contributed by atoms with Gasteiger partial charge in [-0.3, -0.25) is 0 Å². The molecule has 0 amide bonds. The molecule has 0 radical (unpaired) electrons. The summed E-state index contributed by atoms with van der Waals surface area (Å²) >= 11 is 3.29. The van der Waals surface area contributed by atoms with E-state index < -0.39 is 0 Å². The van der Waals surface area contributed by atoms with Gasteiger partial charge in [0, 0.05) is 20.6 Å². The molecule has 0 fully saturated rings. The second-order valence-electron chi connectivity index (χ2n) is 4.17. The van der Waals surface area contributed by atoms with Gasteiger partial charge in [0.05, 0.1) is 5.39 Å². The Morgan fingerprint density at radius 1 is 0.895 bits per heavy atom. The second-order valence-corrected chi connectivity index (χ2v) is 5.03. The summed E-state index contributed by atoms with van der Waals surface area (Å²) in [6.07, 6.45) is 0. The first-order valence-electron chi connectivity index (χ1n) is 5.57. The summed E-state index contributed by atoms with van der Waals surface area (Å²) in [5, 5.41) is 26.1. The van der Waals surface area contributed by atoms with Gasteiger partial charge < -0.3 is 10.2 Å². The van der Waals surface area contributed by atoms with Crippen molar-refractivity contribution in [3.05, 3.63) is 40.9 Å². The number of hydrogen-bond donors (Lipinski definition) is 3. The molecule has 0 aromatic heterocycles. The van der Waals surface area contributed by atoms with Gasteiger partial charge in [-0.05, 0) is 28.1 Å². The molecule has 0 atom stereocenters. The number of hydrogen-bond acceptors (Lipinski definition) is 4. The monoisotopic (exact) mass is 316 g/mol. The molecule has 3 aromatic rings. The highest BCUT2D eigenvalue weighted by atomic mass is 79.9. The Bertz CT molecular complexity index is 831. The number of benzene rings is 3. The maximum absolute atomic E-state index is 10.4. The molecule has 5 heteroatoms. The molecule has 0 heterocycles. The Balaban J connectivity index is 2.68. The van der Waals surface area contributed by atoms with Gasteiger partial charge in [-0.15, -0.1) is 0 Å². The molecule has 0 aliphatic rings. The summed E-state index contributed by atoms with van der Waals surface area (Å²) in [5.74, 6) is 0.108. The van der Waals surface area contributed by atoms with E-state index in [0.717, 1.165) is 0 Å². The number of nitrogens with zero attached hydrogens (tertiary/aromatic N) is 1. The van der Waals surface area contributed by atoms with E-state index in [-0.39, 0.29) is 11.5 Å². The second kappa shape index (κ2) is 4.20. The van der Waals surface area contributed by atoms with E-state index in [1.54, 1.807) is 36.4 Å². The number of phenolic OH excluding ortho intramolecular Hbond substituents is 2. The lowest BCUT2D eigenvalue weighted by Crippen LogP contribution is -1.82. The number of phenols is 2. The smallest absolute Gasteiger partial charge is 0.133 e. The lowest BCUT2D eigenvalue weighted by molar-refractivity contribution is 0.478. The molecule has 94 valence electrons. The standard InChI is InChI=1S/C14H9BrN2O2/c15-10-6-5-9-11(12(10)17-16)14(19)8-4-2-1-3-7(8)13(9)18/h1-6,16,18-19H. The molecule has 0 saturated heterocycles. The number of aromatic hydroxyl groups is 2. The topological polar surface area (TPSA) is 76.7 Å². The third kappa shape index (κ3) is 1.58. The van der Waals surface area contributed by atoms with Crippen LogP contribution in [0.25, 0.3) is 21.5 Å². The van der Waals surface area contributed by atoms with Gasteiger partial charge in [-0.25, -0.2) is 5.53 Å². The van der Waals surface area contributed by atoms with Crippen molar-refractivity contribution < 1.29 is 10.2 Å². The highest BCUT2D eigenvalue weighted by Crippen LogP contribution is 2.47. The van der Waals surface area contributed by atoms with Crippen LogP contribution in [-0.4, -0.2) is 10.2 Å². The van der Waals surface area contributed by atoms with Crippen molar-refractivity contribution in [3.8, 4) is 11.5 Å². The predicted octanol–water partition coefficient (Wildman–Crippen LogP) is 4.83. The van der Waals surface area contributed by atoms with E-state index in [1.807, 2.05) is 0 Å². The highest BCUT2D eigenvalue weighted by molar-refractivity contribution is 9.10. The SMILES string of the molecule is N=Nc1c(Br)ccc2c(O)c3ccccc3c(O)c12. The largest absolute Gasteiger partial charge is 0.507 e. The van der Waals surface area contributed by atoms with Crippen molar-refractivity contribution in [2.24, 2.45) is 5.11 Å². The first kappa shape index (κ1) is 11.9. The summed E-state index contributed by atoms with van der Waals surface area (Å²) in [7, 11) is 0. The van der Waals surface area contributed by atoms with E-state index >= 15 is 0 Å². The van der Waals surface area contributed by atoms with Crippen molar-refractivity contribution >= 4 is 43.2 Å². The Morgan fingerprint density at radius 3 is 2.16 bits per heavy atom. The molecule has 0 aliphatic carbocycles. The van der Waals surface area contributed by atoms with Crippen molar-refractivity contribution in [2.75, 3.05) is 0 Å². The van der Waals surface area contributed by atoms with E-state index in [1.165, 1.54) is 0 Å². The Morgan fingerprint density at radius 2 is 1.53 bits per heavy atom. The number of rotatable bonds is 1. The molecular weight excluding hydrogens is 308 g/mol. The van der Waals surface area contributed by atoms with Gasteiger partial charge in [0.15, 0.2) is 0 Å². The first-order chi connectivity index (χ1) is 9.15. The molecule has 0 aliphatic heterocycles. The lowest BCUT2D eigenvalue weighted by atomic mass is 9.99. The minimum Gasteiger partial charge on any atom is -0.507 e. The van der Waals surface area contributed by atoms with Crippen molar-refractivity contribution in [1.82, 2.24) is 0 Å². The normalized spacial score (nSPS) is 11.0. The zero-order valence-electron chi connectivity index (χ0n) is 9.68. The summed E-state index contributed by atoms with van der Waals surface area (Å²) < 4.78 is 0.597. The molecule has 4 nitrogen and oxygen atoms in total. The number of halogens is 1. The molecule has 19 heavy (non-hydrogen) atoms. The van der Waals surface area contributed by atoms with E-state index in [4.69, 9.17) is 5.53 Å². The molecule has 0 unspecified atom stereocenters. The van der Waals surface area contributed by atoms with E-state index in [2.05, 4.69) is 21.0 Å². The molecule has 0 saturated carbocycles. The van der Waals surface area contributed by atoms with Gasteiger partial charge in [-0.1, -0.05) is 24.3 Å². The molecule has 3 aromatic carbocycles. The van der Waals surface area contributed by atoms with Gasteiger partial charge in [0.2, 0.25) is 0 Å². The quantitative estimate of drug-likeness (QED) is 0.341. The van der Waals surface area contributed by atoms with Gasteiger partial charge in [0.25, 0.3) is 0 Å².